The van der Waals surface area contributed by atoms with E-state index in [0.29, 0.717) is 0 Å². The van der Waals surface area contributed by atoms with Crippen LogP contribution in [0.1, 0.15) is 33.6 Å². The van der Waals surface area contributed by atoms with E-state index in [1.807, 2.05) is 20.1 Å². The van der Waals surface area contributed by atoms with E-state index in [1.165, 1.54) is 0 Å². The monoisotopic (exact) mass is 213 g/mol. The highest BCUT2D eigenvalue weighted by atomic mass is 35.5. The van der Waals surface area contributed by atoms with Gasteiger partial charge in [-0.25, -0.2) is 4.99 Å². The Morgan fingerprint density at radius 3 is 2.86 bits per heavy atom. The third kappa shape index (κ3) is 2.84. The quantitative estimate of drug-likeness (QED) is 0.437. The maximum atomic E-state index is 5.85. The summed E-state index contributed by atoms with van der Waals surface area (Å²) in [4.78, 5) is 8.56. The van der Waals surface area contributed by atoms with Crippen LogP contribution in [0.2, 0.25) is 0 Å². The predicted molar refractivity (Wildman–Crippen MR) is 62.0 cm³/mol. The largest absolute Gasteiger partial charge is 0.353 e. The molecule has 1 unspecified atom stereocenters. The maximum Gasteiger partial charge on any atom is 0.195 e. The molecule has 0 bridgehead atoms. The van der Waals surface area contributed by atoms with Crippen LogP contribution in [0.5, 0.6) is 0 Å². The Labute approximate surface area is 90.0 Å². The van der Waals surface area contributed by atoms with Crippen molar-refractivity contribution in [1.82, 2.24) is 5.32 Å². The number of allylic oxidation sites excluding steroid dienone is 2. The topological polar surface area (TPSA) is 36.8 Å². The van der Waals surface area contributed by atoms with E-state index in [-0.39, 0.29) is 5.62 Å². The molecule has 0 radical (unpaired) electrons. The first-order valence-corrected chi connectivity index (χ1v) is 5.27. The highest BCUT2D eigenvalue weighted by Gasteiger charge is 2.14. The summed E-state index contributed by atoms with van der Waals surface area (Å²) in [5.74, 6) is 0. The Kier molecular flexibility index (Phi) is 4.14. The second-order valence-corrected chi connectivity index (χ2v) is 3.68. The zero-order valence-electron chi connectivity index (χ0n) is 8.84. The molecular formula is C10H16ClN3. The first-order valence-electron chi connectivity index (χ1n) is 4.84. The molecule has 1 N–H and O–H groups in total. The first-order chi connectivity index (χ1) is 6.65. The van der Waals surface area contributed by atoms with Crippen LogP contribution in [0, 0.1) is 0 Å². The maximum absolute atomic E-state index is 5.85. The van der Waals surface area contributed by atoms with Crippen LogP contribution in [-0.2, 0) is 0 Å². The average Bonchev–Trinajstić information content (AvgIpc) is 2.09. The fraction of sp³-hybridized carbons (Fsp3) is 0.600. The SMILES string of the molecule is CCCC=NC1=C(C)NC(Cl)N=C1C. The van der Waals surface area contributed by atoms with Crippen molar-refractivity contribution in [2.24, 2.45) is 9.98 Å². The highest BCUT2D eigenvalue weighted by molar-refractivity contribution is 6.21. The molecule has 0 aromatic heterocycles. The lowest BCUT2D eigenvalue weighted by atomic mass is 10.2. The van der Waals surface area contributed by atoms with E-state index < -0.39 is 0 Å². The van der Waals surface area contributed by atoms with Gasteiger partial charge in [0.1, 0.15) is 5.70 Å². The Morgan fingerprint density at radius 2 is 2.29 bits per heavy atom. The van der Waals surface area contributed by atoms with Gasteiger partial charge in [-0.1, -0.05) is 24.9 Å². The minimum atomic E-state index is -0.347. The van der Waals surface area contributed by atoms with Gasteiger partial charge in [-0.15, -0.1) is 0 Å². The average molecular weight is 214 g/mol. The molecular weight excluding hydrogens is 198 g/mol. The molecule has 1 rings (SSSR count). The number of aliphatic imine (C=N–C) groups is 2. The zero-order valence-corrected chi connectivity index (χ0v) is 9.60. The van der Waals surface area contributed by atoms with Crippen molar-refractivity contribution in [3.63, 3.8) is 0 Å². The summed E-state index contributed by atoms with van der Waals surface area (Å²) in [5, 5.41) is 3.03. The van der Waals surface area contributed by atoms with Crippen molar-refractivity contribution in [3.05, 3.63) is 11.4 Å². The van der Waals surface area contributed by atoms with Crippen LogP contribution in [0.15, 0.2) is 21.4 Å². The van der Waals surface area contributed by atoms with Crippen LogP contribution < -0.4 is 5.32 Å². The minimum Gasteiger partial charge on any atom is -0.353 e. The molecule has 0 amide bonds. The van der Waals surface area contributed by atoms with E-state index in [0.717, 1.165) is 29.9 Å². The minimum absolute atomic E-state index is 0.347. The normalized spacial score (nSPS) is 22.6. The molecule has 0 fully saturated rings. The van der Waals surface area contributed by atoms with Crippen molar-refractivity contribution in [2.75, 3.05) is 0 Å². The van der Waals surface area contributed by atoms with Crippen molar-refractivity contribution < 1.29 is 0 Å². The molecule has 0 saturated carbocycles. The predicted octanol–water partition coefficient (Wildman–Crippen LogP) is 2.68. The zero-order chi connectivity index (χ0) is 10.6. The lowest BCUT2D eigenvalue weighted by Crippen LogP contribution is -2.27. The summed E-state index contributed by atoms with van der Waals surface area (Å²) < 4.78 is 0. The Bertz CT molecular complexity index is 292. The second-order valence-electron chi connectivity index (χ2n) is 3.27. The van der Waals surface area contributed by atoms with Gasteiger partial charge in [-0.3, -0.25) is 4.99 Å². The van der Waals surface area contributed by atoms with Crippen LogP contribution in [0.25, 0.3) is 0 Å². The van der Waals surface area contributed by atoms with E-state index >= 15 is 0 Å². The van der Waals surface area contributed by atoms with Crippen LogP contribution in [-0.4, -0.2) is 17.6 Å². The molecule has 0 aromatic rings. The summed E-state index contributed by atoms with van der Waals surface area (Å²) >= 11 is 5.85. The molecule has 0 saturated heterocycles. The van der Waals surface area contributed by atoms with E-state index in [2.05, 4.69) is 22.2 Å². The number of rotatable bonds is 3. The van der Waals surface area contributed by atoms with Crippen LogP contribution >= 0.6 is 11.6 Å². The summed E-state index contributed by atoms with van der Waals surface area (Å²) in [6.07, 6.45) is 4.03. The third-order valence-corrected chi connectivity index (χ3v) is 2.19. The molecule has 0 aromatic carbocycles. The lowest BCUT2D eigenvalue weighted by molar-refractivity contribution is 0.740. The number of hydrogen-bond acceptors (Lipinski definition) is 3. The van der Waals surface area contributed by atoms with Gasteiger partial charge in [0.05, 0.1) is 5.71 Å². The van der Waals surface area contributed by atoms with Crippen LogP contribution in [0.4, 0.5) is 0 Å². The van der Waals surface area contributed by atoms with Gasteiger partial charge in [-0.2, -0.15) is 0 Å². The van der Waals surface area contributed by atoms with Gasteiger partial charge in [0.2, 0.25) is 0 Å². The Morgan fingerprint density at radius 1 is 1.57 bits per heavy atom. The van der Waals surface area contributed by atoms with Gasteiger partial charge in [-0.05, 0) is 20.3 Å². The van der Waals surface area contributed by atoms with Crippen molar-refractivity contribution in [2.45, 2.75) is 39.2 Å². The van der Waals surface area contributed by atoms with Crippen molar-refractivity contribution in [1.29, 1.82) is 0 Å². The van der Waals surface area contributed by atoms with Crippen LogP contribution in [0.3, 0.4) is 0 Å². The fourth-order valence-electron chi connectivity index (χ4n) is 1.26. The van der Waals surface area contributed by atoms with Gasteiger partial charge < -0.3 is 5.32 Å². The molecule has 0 spiro atoms. The number of alkyl halides is 1. The van der Waals surface area contributed by atoms with E-state index in [1.54, 1.807) is 0 Å². The van der Waals surface area contributed by atoms with Gasteiger partial charge in [0.15, 0.2) is 5.62 Å². The Balaban J connectivity index is 2.76. The van der Waals surface area contributed by atoms with E-state index in [9.17, 15) is 0 Å². The summed E-state index contributed by atoms with van der Waals surface area (Å²) in [7, 11) is 0. The molecule has 1 heterocycles. The number of unbranched alkanes of at least 4 members (excludes halogenated alkanes) is 1. The Hall–Kier alpha value is -0.830. The van der Waals surface area contributed by atoms with Crippen molar-refractivity contribution in [3.8, 4) is 0 Å². The molecule has 1 aliphatic heterocycles. The number of halogens is 1. The smallest absolute Gasteiger partial charge is 0.195 e. The number of hydrogen-bond donors (Lipinski definition) is 1. The molecule has 0 aliphatic carbocycles. The fourth-order valence-corrected chi connectivity index (χ4v) is 1.57. The third-order valence-electron chi connectivity index (χ3n) is 1.98. The lowest BCUT2D eigenvalue weighted by Gasteiger charge is -2.18. The molecule has 4 heteroatoms. The second kappa shape index (κ2) is 5.15. The molecule has 1 aliphatic rings. The highest BCUT2D eigenvalue weighted by Crippen LogP contribution is 2.14. The number of nitrogens with zero attached hydrogens (tertiary/aromatic N) is 2. The van der Waals surface area contributed by atoms with Gasteiger partial charge >= 0.3 is 0 Å². The summed E-state index contributed by atoms with van der Waals surface area (Å²) in [6.45, 7) is 6.02. The van der Waals surface area contributed by atoms with Gasteiger partial charge in [0.25, 0.3) is 0 Å². The van der Waals surface area contributed by atoms with Crippen molar-refractivity contribution >= 4 is 23.5 Å². The molecule has 78 valence electrons. The summed E-state index contributed by atoms with van der Waals surface area (Å²) in [5.41, 5.74) is 2.45. The first kappa shape index (κ1) is 11.2. The van der Waals surface area contributed by atoms with Gasteiger partial charge in [0, 0.05) is 11.9 Å². The summed E-state index contributed by atoms with van der Waals surface area (Å²) in [6, 6.07) is 0. The van der Waals surface area contributed by atoms with E-state index in [4.69, 9.17) is 11.6 Å². The number of nitrogens with one attached hydrogen (secondary N) is 1. The molecule has 1 atom stereocenters. The molecule has 14 heavy (non-hydrogen) atoms. The molecule has 3 nitrogen and oxygen atoms in total. The standard InChI is InChI=1S/C10H16ClN3/c1-4-5-6-12-9-7(2)13-10(11)14-8(9)3/h6,10,13H,4-5H2,1-3H3.